The van der Waals surface area contributed by atoms with Gasteiger partial charge in [-0.25, -0.2) is 9.59 Å². The van der Waals surface area contributed by atoms with Gasteiger partial charge in [-0.15, -0.1) is 0 Å². The van der Waals surface area contributed by atoms with E-state index < -0.39 is 30.4 Å². The molecule has 0 aliphatic carbocycles. The number of halogens is 2. The van der Waals surface area contributed by atoms with Gasteiger partial charge in [0.05, 0.1) is 6.54 Å². The zero-order valence-electron chi connectivity index (χ0n) is 12.6. The molecule has 120 valence electrons. The minimum Gasteiger partial charge on any atom is -0.477 e. The third-order valence-electron chi connectivity index (χ3n) is 2.77. The van der Waals surface area contributed by atoms with Crippen molar-refractivity contribution in [3.63, 3.8) is 0 Å². The molecule has 0 aliphatic heterocycles. The second-order valence-corrected chi connectivity index (χ2v) is 4.55. The minimum absolute atomic E-state index is 0.0718. The molecular formula is C13H15F2N3O4. The molecule has 0 spiro atoms. The van der Waals surface area contributed by atoms with E-state index in [0.29, 0.717) is 5.56 Å². The van der Waals surface area contributed by atoms with Gasteiger partial charge in [0.2, 0.25) is 0 Å². The van der Waals surface area contributed by atoms with E-state index in [1.165, 1.54) is 36.2 Å². The SMILES string of the molecule is [2H]NC(=O)N(C)Cc1ccc(C(=O)NCC(F)(F)C(=O)O)cc1. The fourth-order valence-corrected chi connectivity index (χ4v) is 1.48. The molecule has 0 unspecified atom stereocenters. The Morgan fingerprint density at radius 1 is 1.36 bits per heavy atom. The molecule has 0 radical (unpaired) electrons. The highest BCUT2D eigenvalue weighted by atomic mass is 19.3. The summed E-state index contributed by atoms with van der Waals surface area (Å²) < 4.78 is 32.5. The Morgan fingerprint density at radius 3 is 2.45 bits per heavy atom. The van der Waals surface area contributed by atoms with Crippen LogP contribution in [0.4, 0.5) is 13.6 Å². The number of alkyl halides is 2. The second-order valence-electron chi connectivity index (χ2n) is 4.55. The van der Waals surface area contributed by atoms with Crippen LogP contribution in [0.2, 0.25) is 1.41 Å². The molecule has 7 nitrogen and oxygen atoms in total. The smallest absolute Gasteiger partial charge is 0.376 e. The van der Waals surface area contributed by atoms with Gasteiger partial charge >= 0.3 is 17.9 Å². The maximum absolute atomic E-state index is 12.9. The summed E-state index contributed by atoms with van der Waals surface area (Å²) in [7, 11) is 1.47. The minimum atomic E-state index is -4.04. The summed E-state index contributed by atoms with van der Waals surface area (Å²) in [6.45, 7) is -1.13. The van der Waals surface area contributed by atoms with Crippen molar-refractivity contribution in [3.8, 4) is 0 Å². The highest BCUT2D eigenvalue weighted by Gasteiger charge is 2.39. The second kappa shape index (κ2) is 6.83. The summed E-state index contributed by atoms with van der Waals surface area (Å²) in [5.41, 5.74) is 2.44. The predicted octanol–water partition coefficient (Wildman–Crippen LogP) is 0.647. The standard InChI is InChI=1S/C13H15F2N3O4/c1-18(12(16)22)6-8-2-4-9(5-3-8)10(19)17-7-13(14,15)11(20)21/h2-5H,6-7H2,1H3,(H2,16,22)(H,17,19)(H,20,21)/i/hD. The van der Waals surface area contributed by atoms with Crippen molar-refractivity contribution >= 4 is 17.9 Å². The Bertz CT molecular complexity index is 595. The number of hydrogen-bond donors (Lipinski definition) is 3. The van der Waals surface area contributed by atoms with Crippen molar-refractivity contribution in [1.82, 2.24) is 10.2 Å². The van der Waals surface area contributed by atoms with E-state index in [0.717, 1.165) is 0 Å². The van der Waals surface area contributed by atoms with Crippen LogP contribution in [0.25, 0.3) is 0 Å². The van der Waals surface area contributed by atoms with Crippen molar-refractivity contribution < 1.29 is 29.7 Å². The summed E-state index contributed by atoms with van der Waals surface area (Å²) in [5.74, 6) is -7.19. The van der Waals surface area contributed by atoms with Crippen LogP contribution in [0, 0.1) is 0 Å². The number of primary amides is 1. The van der Waals surface area contributed by atoms with E-state index in [2.05, 4.69) is 0 Å². The van der Waals surface area contributed by atoms with E-state index in [9.17, 15) is 23.2 Å². The van der Waals surface area contributed by atoms with Crippen LogP contribution in [0.15, 0.2) is 24.3 Å². The fraction of sp³-hybridized carbons (Fsp3) is 0.308. The topological polar surface area (TPSA) is 113 Å². The molecular weight excluding hydrogens is 300 g/mol. The Morgan fingerprint density at radius 2 is 1.95 bits per heavy atom. The maximum Gasteiger partial charge on any atom is 0.376 e. The zero-order chi connectivity index (χ0) is 17.6. The Labute approximate surface area is 126 Å². The number of carbonyl (C=O) groups excluding carboxylic acids is 2. The Hall–Kier alpha value is -2.71. The summed E-state index contributed by atoms with van der Waals surface area (Å²) in [5, 5.41) is 10.1. The normalized spacial score (nSPS) is 11.3. The Balaban J connectivity index is 2.64. The monoisotopic (exact) mass is 316 g/mol. The molecule has 9 heteroatoms. The van der Waals surface area contributed by atoms with Crippen LogP contribution in [0.1, 0.15) is 15.9 Å². The Kier molecular flexibility index (Phi) is 4.87. The van der Waals surface area contributed by atoms with E-state index in [1.807, 2.05) is 5.32 Å². The third kappa shape index (κ3) is 4.69. The first kappa shape index (κ1) is 15.7. The molecule has 0 saturated carbocycles. The number of carboxylic acid groups (broad SMARTS) is 1. The van der Waals surface area contributed by atoms with Crippen molar-refractivity contribution in [3.05, 3.63) is 35.4 Å². The van der Waals surface area contributed by atoms with Crippen LogP contribution in [-0.4, -0.2) is 47.4 Å². The average Bonchev–Trinajstić information content (AvgIpc) is 2.52. The molecule has 0 saturated heterocycles. The van der Waals surface area contributed by atoms with Crippen molar-refractivity contribution in [2.75, 3.05) is 13.6 Å². The number of urea groups is 1. The first-order valence-corrected chi connectivity index (χ1v) is 6.08. The lowest BCUT2D eigenvalue weighted by atomic mass is 10.1. The van der Waals surface area contributed by atoms with E-state index in [-0.39, 0.29) is 12.1 Å². The molecule has 1 aromatic carbocycles. The number of carboxylic acids is 1. The van der Waals surface area contributed by atoms with Crippen LogP contribution in [-0.2, 0) is 11.3 Å². The lowest BCUT2D eigenvalue weighted by Gasteiger charge is -2.14. The molecule has 0 heterocycles. The van der Waals surface area contributed by atoms with Crippen molar-refractivity contribution in [2.24, 2.45) is 5.73 Å². The van der Waals surface area contributed by atoms with Gasteiger partial charge in [0, 0.05) is 19.2 Å². The molecule has 4 N–H and O–H groups in total. The number of aliphatic carboxylic acids is 1. The number of nitrogens with one attached hydrogen (secondary N) is 1. The largest absolute Gasteiger partial charge is 0.477 e. The first-order valence-electron chi connectivity index (χ1n) is 6.58. The number of rotatable bonds is 6. The van der Waals surface area contributed by atoms with Crippen LogP contribution in [0.5, 0.6) is 0 Å². The van der Waals surface area contributed by atoms with Crippen molar-refractivity contribution in [1.29, 1.82) is 0 Å². The molecule has 0 fully saturated rings. The average molecular weight is 316 g/mol. The lowest BCUT2D eigenvalue weighted by molar-refractivity contribution is -0.163. The molecule has 0 bridgehead atoms. The maximum atomic E-state index is 12.9. The number of carbonyl (C=O) groups is 3. The third-order valence-corrected chi connectivity index (χ3v) is 2.77. The molecule has 0 aromatic heterocycles. The fourth-order valence-electron chi connectivity index (χ4n) is 1.48. The number of benzene rings is 1. The van der Waals surface area contributed by atoms with Gasteiger partial charge in [-0.05, 0) is 17.7 Å². The van der Waals surface area contributed by atoms with E-state index in [4.69, 9.17) is 6.52 Å². The van der Waals surface area contributed by atoms with Gasteiger partial charge in [0.1, 0.15) is 0 Å². The van der Waals surface area contributed by atoms with E-state index >= 15 is 0 Å². The highest BCUT2D eigenvalue weighted by molar-refractivity contribution is 5.94. The molecule has 3 amide bonds. The van der Waals surface area contributed by atoms with Gasteiger partial charge in [-0.2, -0.15) is 8.78 Å². The van der Waals surface area contributed by atoms with Crippen LogP contribution < -0.4 is 11.0 Å². The van der Waals surface area contributed by atoms with Gasteiger partial charge in [0.25, 0.3) is 5.91 Å². The molecule has 22 heavy (non-hydrogen) atoms. The highest BCUT2D eigenvalue weighted by Crippen LogP contribution is 2.12. The van der Waals surface area contributed by atoms with Gasteiger partial charge in [-0.1, -0.05) is 12.1 Å². The summed E-state index contributed by atoms with van der Waals surface area (Å²) in [6, 6.07) is 5.13. The predicted molar refractivity (Wildman–Crippen MR) is 72.4 cm³/mol. The lowest BCUT2D eigenvalue weighted by Crippen LogP contribution is -2.42. The van der Waals surface area contributed by atoms with Crippen molar-refractivity contribution in [2.45, 2.75) is 12.5 Å². The van der Waals surface area contributed by atoms with Gasteiger partial charge in [0.15, 0.2) is 1.41 Å². The summed E-state index contributed by atoms with van der Waals surface area (Å²) in [4.78, 5) is 34.3. The first-order chi connectivity index (χ1) is 10.7. The molecule has 0 atom stereocenters. The summed E-state index contributed by atoms with van der Waals surface area (Å²) >= 11 is 0. The quantitative estimate of drug-likeness (QED) is 0.715. The van der Waals surface area contributed by atoms with Gasteiger partial charge in [-0.3, -0.25) is 4.79 Å². The van der Waals surface area contributed by atoms with Crippen LogP contribution in [0.3, 0.4) is 0 Å². The van der Waals surface area contributed by atoms with Crippen LogP contribution >= 0.6 is 0 Å². The van der Waals surface area contributed by atoms with Gasteiger partial charge < -0.3 is 21.0 Å². The molecule has 1 aromatic rings. The number of amides is 3. The number of nitrogens with zero attached hydrogens (tertiary/aromatic N) is 1. The van der Waals surface area contributed by atoms with E-state index in [1.54, 1.807) is 5.73 Å². The number of hydrogen-bond acceptors (Lipinski definition) is 3. The number of nitrogens with two attached hydrogens (primary N) is 1. The summed E-state index contributed by atoms with van der Waals surface area (Å²) in [6.07, 6.45) is 0. The zero-order valence-corrected chi connectivity index (χ0v) is 11.6. The molecule has 1 rings (SSSR count). The molecule has 0 aliphatic rings.